The second-order valence-corrected chi connectivity index (χ2v) is 22.0. The Kier molecular flexibility index (Phi) is 51.1. The van der Waals surface area contributed by atoms with Crippen LogP contribution in [0.1, 0.15) is 297 Å². The number of rotatable bonds is 57. The van der Waals surface area contributed by atoms with Gasteiger partial charge in [-0.3, -0.25) is 9.80 Å². The number of carboxylic acid groups (broad SMARTS) is 1. The van der Waals surface area contributed by atoms with Gasteiger partial charge in [0.2, 0.25) is 0 Å². The standard InChI is InChI=1S/C60H120N2O9/c1-5-9-13-17-21-25-29-33-41-53(63)49-61(50-54(64)42-34-30-26-22-18-14-10-6-2)47-39-37-45-57(67)60(70)71-58(59(68)69)46-38-40-48-62(51-55(65)43-35-31-27-23-19-15-11-7-3)52-56(66)44-36-32-28-24-20-16-12-8-4/h53-58,63-67H,5-52H2,1-4H3,(H,68,69)/t53-,54-,55-,56?,57?,58?/m1/s1. The molecular formula is C60H120N2O9. The van der Waals surface area contributed by atoms with Crippen LogP contribution in [0.25, 0.3) is 0 Å². The maximum atomic E-state index is 13.0. The summed E-state index contributed by atoms with van der Waals surface area (Å²) in [5.74, 6) is -2.17. The molecule has 0 saturated carbocycles. The van der Waals surface area contributed by atoms with Crippen LogP contribution in [0.2, 0.25) is 0 Å². The molecule has 0 spiro atoms. The van der Waals surface area contributed by atoms with Crippen LogP contribution >= 0.6 is 0 Å². The van der Waals surface area contributed by atoms with E-state index in [1.54, 1.807) is 0 Å². The van der Waals surface area contributed by atoms with Crippen molar-refractivity contribution in [1.29, 1.82) is 0 Å². The SMILES string of the molecule is CCCCCCCCCCC(O)CN(CCCCC(OC(=O)C(O)CCCCN(C[C@H](O)CCCCCCCCCC)C[C@H](O)CCCCCCCCCC)C(=O)O)C[C@H](O)CCCCCCCCCC. The van der Waals surface area contributed by atoms with Gasteiger partial charge in [-0.2, -0.15) is 0 Å². The predicted octanol–water partition coefficient (Wildman–Crippen LogP) is 13.9. The van der Waals surface area contributed by atoms with Gasteiger partial charge in [0, 0.05) is 26.2 Å². The zero-order valence-corrected chi connectivity index (χ0v) is 47.2. The zero-order valence-electron chi connectivity index (χ0n) is 47.2. The molecule has 6 atom stereocenters. The van der Waals surface area contributed by atoms with Crippen molar-refractivity contribution in [3.63, 3.8) is 0 Å². The topological polar surface area (TPSA) is 171 Å². The van der Waals surface area contributed by atoms with Crippen LogP contribution in [0.15, 0.2) is 0 Å². The van der Waals surface area contributed by atoms with Crippen molar-refractivity contribution in [2.75, 3.05) is 39.3 Å². The first kappa shape index (κ1) is 69.7. The minimum atomic E-state index is -1.44. The maximum absolute atomic E-state index is 13.0. The van der Waals surface area contributed by atoms with Crippen molar-refractivity contribution < 1.29 is 45.0 Å². The van der Waals surface area contributed by atoms with Gasteiger partial charge in [0.05, 0.1) is 24.4 Å². The molecule has 0 bridgehead atoms. The minimum absolute atomic E-state index is 0.112. The highest BCUT2D eigenvalue weighted by atomic mass is 16.6. The summed E-state index contributed by atoms with van der Waals surface area (Å²) < 4.78 is 5.38. The molecule has 3 unspecified atom stereocenters. The fourth-order valence-electron chi connectivity index (χ4n) is 10.0. The molecule has 11 nitrogen and oxygen atoms in total. The van der Waals surface area contributed by atoms with Gasteiger partial charge in [-0.1, -0.05) is 233 Å². The molecule has 71 heavy (non-hydrogen) atoms. The Bertz CT molecular complexity index is 1080. The van der Waals surface area contributed by atoms with E-state index >= 15 is 0 Å². The summed E-state index contributed by atoms with van der Waals surface area (Å²) in [4.78, 5) is 29.5. The predicted molar refractivity (Wildman–Crippen MR) is 297 cm³/mol. The molecule has 0 aliphatic rings. The molecule has 0 rings (SSSR count). The van der Waals surface area contributed by atoms with Gasteiger partial charge >= 0.3 is 11.9 Å². The van der Waals surface area contributed by atoms with Crippen LogP contribution in [0, 0.1) is 0 Å². The molecule has 0 aromatic heterocycles. The first-order valence-corrected chi connectivity index (χ1v) is 30.7. The highest BCUT2D eigenvalue weighted by molar-refractivity contribution is 5.80. The van der Waals surface area contributed by atoms with Crippen LogP contribution in [0.3, 0.4) is 0 Å². The fraction of sp³-hybridized carbons (Fsp3) is 0.967. The zero-order chi connectivity index (χ0) is 52.4. The van der Waals surface area contributed by atoms with Gasteiger partial charge in [0.25, 0.3) is 0 Å². The Labute approximate surface area is 438 Å². The average Bonchev–Trinajstić information content (AvgIpc) is 3.34. The maximum Gasteiger partial charge on any atom is 0.345 e. The lowest BCUT2D eigenvalue weighted by Gasteiger charge is -2.28. The molecule has 6 N–H and O–H groups in total. The van der Waals surface area contributed by atoms with E-state index in [2.05, 4.69) is 37.5 Å². The molecular weight excluding hydrogens is 893 g/mol. The van der Waals surface area contributed by atoms with Crippen LogP contribution in [-0.2, 0) is 14.3 Å². The lowest BCUT2D eigenvalue weighted by molar-refractivity contribution is -0.170. The van der Waals surface area contributed by atoms with Gasteiger partial charge in [0.1, 0.15) is 0 Å². The van der Waals surface area contributed by atoms with Crippen LogP contribution in [0.4, 0.5) is 0 Å². The minimum Gasteiger partial charge on any atom is -0.479 e. The molecule has 0 aromatic carbocycles. The normalized spacial score (nSPS) is 14.5. The second-order valence-electron chi connectivity index (χ2n) is 22.0. The summed E-state index contributed by atoms with van der Waals surface area (Å²) in [5.41, 5.74) is 0. The Morgan fingerprint density at radius 1 is 0.338 bits per heavy atom. The van der Waals surface area contributed by atoms with Gasteiger partial charge in [-0.05, 0) is 77.3 Å². The lowest BCUT2D eigenvalue weighted by atomic mass is 10.0. The third-order valence-corrected chi connectivity index (χ3v) is 14.6. The number of carboxylic acids is 1. The Morgan fingerprint density at radius 2 is 0.577 bits per heavy atom. The van der Waals surface area contributed by atoms with Crippen molar-refractivity contribution in [2.24, 2.45) is 0 Å². The number of unbranched alkanes of at least 4 members (excludes halogenated alkanes) is 30. The average molecular weight is 1010 g/mol. The Hall–Kier alpha value is -1.34. The van der Waals surface area contributed by atoms with Crippen molar-refractivity contribution in [1.82, 2.24) is 9.80 Å². The van der Waals surface area contributed by atoms with Crippen LogP contribution in [-0.4, -0.2) is 128 Å². The Morgan fingerprint density at radius 3 is 0.845 bits per heavy atom. The first-order valence-electron chi connectivity index (χ1n) is 30.7. The number of aliphatic hydroxyl groups excluding tert-OH is 5. The van der Waals surface area contributed by atoms with E-state index in [0.29, 0.717) is 65.0 Å². The third-order valence-electron chi connectivity index (χ3n) is 14.6. The highest BCUT2D eigenvalue weighted by Crippen LogP contribution is 2.18. The number of ether oxygens (including phenoxy) is 1. The second kappa shape index (κ2) is 52.1. The third kappa shape index (κ3) is 46.9. The quantitative estimate of drug-likeness (QED) is 0.0253. The monoisotopic (exact) mass is 1010 g/mol. The van der Waals surface area contributed by atoms with E-state index in [-0.39, 0.29) is 12.8 Å². The summed E-state index contributed by atoms with van der Waals surface area (Å²) in [6.45, 7) is 12.0. The van der Waals surface area contributed by atoms with Crippen LogP contribution in [0.5, 0.6) is 0 Å². The highest BCUT2D eigenvalue weighted by Gasteiger charge is 2.27. The molecule has 0 aromatic rings. The number of hydrogen-bond acceptors (Lipinski definition) is 10. The molecule has 0 fully saturated rings. The molecule has 424 valence electrons. The van der Waals surface area contributed by atoms with Crippen molar-refractivity contribution >= 4 is 11.9 Å². The Balaban J connectivity index is 5.10. The number of aliphatic hydroxyl groups is 5. The van der Waals surface area contributed by atoms with Crippen LogP contribution < -0.4 is 0 Å². The summed E-state index contributed by atoms with van der Waals surface area (Å²) >= 11 is 0. The van der Waals surface area contributed by atoms with Crippen molar-refractivity contribution in [2.45, 2.75) is 334 Å². The van der Waals surface area contributed by atoms with Gasteiger partial charge in [-0.25, -0.2) is 9.59 Å². The van der Waals surface area contributed by atoms with Gasteiger partial charge < -0.3 is 35.4 Å². The smallest absolute Gasteiger partial charge is 0.345 e. The number of carbonyl (C=O) groups is 2. The number of carbonyl (C=O) groups excluding carboxylic acids is 1. The van der Waals surface area contributed by atoms with E-state index in [4.69, 9.17) is 4.74 Å². The van der Waals surface area contributed by atoms with E-state index in [1.165, 1.54) is 154 Å². The van der Waals surface area contributed by atoms with E-state index in [9.17, 15) is 40.2 Å². The summed E-state index contributed by atoms with van der Waals surface area (Å²) in [6.07, 6.45) is 39.4. The van der Waals surface area contributed by atoms with Crippen molar-refractivity contribution in [3.8, 4) is 0 Å². The molecule has 0 heterocycles. The van der Waals surface area contributed by atoms with Gasteiger partial charge in [0.15, 0.2) is 12.2 Å². The number of nitrogens with zero attached hydrogens (tertiary/aromatic N) is 2. The summed E-state index contributed by atoms with van der Waals surface area (Å²) in [6, 6.07) is 0. The van der Waals surface area contributed by atoms with E-state index < -0.39 is 48.6 Å². The van der Waals surface area contributed by atoms with E-state index in [1.807, 2.05) is 0 Å². The fourth-order valence-corrected chi connectivity index (χ4v) is 10.0. The molecule has 0 aliphatic heterocycles. The summed E-state index contributed by atoms with van der Waals surface area (Å²) in [5, 5.41) is 64.8. The molecule has 0 saturated heterocycles. The molecule has 0 radical (unpaired) electrons. The summed E-state index contributed by atoms with van der Waals surface area (Å²) in [7, 11) is 0. The van der Waals surface area contributed by atoms with Gasteiger partial charge in [-0.15, -0.1) is 0 Å². The molecule has 11 heteroatoms. The molecule has 0 amide bonds. The lowest BCUT2D eigenvalue weighted by Crippen LogP contribution is -2.39. The number of aliphatic carboxylic acids is 1. The van der Waals surface area contributed by atoms with E-state index in [0.717, 1.165) is 77.0 Å². The molecule has 0 aliphatic carbocycles. The largest absolute Gasteiger partial charge is 0.479 e. The number of hydrogen-bond donors (Lipinski definition) is 6. The first-order chi connectivity index (χ1) is 34.5. The number of esters is 1. The van der Waals surface area contributed by atoms with Crippen molar-refractivity contribution in [3.05, 3.63) is 0 Å².